The largest absolute Gasteiger partial charge is 0.466 e. The molecule has 0 aliphatic carbocycles. The van der Waals surface area contributed by atoms with Gasteiger partial charge in [0, 0.05) is 12.8 Å². The van der Waals surface area contributed by atoms with Crippen molar-refractivity contribution in [1.29, 1.82) is 0 Å². The third kappa shape index (κ3) is 39.1. The van der Waals surface area contributed by atoms with E-state index in [9.17, 15) is 9.59 Å². The quantitative estimate of drug-likeness (QED) is 0.0490. The van der Waals surface area contributed by atoms with Crippen molar-refractivity contribution in [2.75, 3.05) is 13.2 Å². The van der Waals surface area contributed by atoms with Crippen LogP contribution in [0.15, 0.2) is 0 Å². The topological polar surface area (TPSA) is 52.6 Å². The number of hydrogen-bond acceptors (Lipinski definition) is 4. The summed E-state index contributed by atoms with van der Waals surface area (Å²) < 4.78 is 10.8. The second-order valence-corrected chi connectivity index (χ2v) is 14.3. The number of rotatable bonds is 39. The van der Waals surface area contributed by atoms with Crippen LogP contribution in [0.3, 0.4) is 0 Å². The van der Waals surface area contributed by atoms with Gasteiger partial charge in [0.15, 0.2) is 0 Å². The first-order valence-electron chi connectivity index (χ1n) is 21.0. The van der Waals surface area contributed by atoms with Crippen molar-refractivity contribution in [2.45, 2.75) is 245 Å². The molecule has 46 heavy (non-hydrogen) atoms. The third-order valence-electron chi connectivity index (χ3n) is 9.53. The molecule has 0 saturated heterocycles. The summed E-state index contributed by atoms with van der Waals surface area (Å²) in [6.07, 6.45) is 44.9. The minimum atomic E-state index is 0.00763. The molecule has 0 aromatic rings. The zero-order valence-electron chi connectivity index (χ0n) is 31.5. The SMILES string of the molecule is CCCCCCCCCCCCOC(=O)CCCCCCCCCCCCCCCCC(=O)OCCCCCCCCCCCC. The van der Waals surface area contributed by atoms with Gasteiger partial charge in [-0.15, -0.1) is 0 Å². The molecular formula is C42H82O4. The summed E-state index contributed by atoms with van der Waals surface area (Å²) in [6.45, 7) is 5.77. The molecule has 0 saturated carbocycles. The lowest BCUT2D eigenvalue weighted by atomic mass is 10.0. The summed E-state index contributed by atoms with van der Waals surface area (Å²) in [5.74, 6) is 0.0153. The van der Waals surface area contributed by atoms with Gasteiger partial charge in [-0.05, 0) is 25.7 Å². The molecule has 0 spiro atoms. The summed E-state index contributed by atoms with van der Waals surface area (Å²) >= 11 is 0. The minimum Gasteiger partial charge on any atom is -0.466 e. The molecule has 0 aromatic heterocycles. The average molecular weight is 651 g/mol. The maximum atomic E-state index is 11.9. The van der Waals surface area contributed by atoms with Crippen LogP contribution in [0, 0.1) is 0 Å². The standard InChI is InChI=1S/C42H82O4/c1-3-5-7-9-11-13-23-27-31-35-39-45-41(43)37-33-29-25-21-19-17-15-16-18-20-22-26-30-34-38-42(44)46-40-36-32-28-24-14-12-10-8-6-4-2/h3-40H2,1-2H3. The van der Waals surface area contributed by atoms with Crippen LogP contribution in [0.1, 0.15) is 245 Å². The lowest BCUT2D eigenvalue weighted by Gasteiger charge is -2.06. The van der Waals surface area contributed by atoms with Gasteiger partial charge in [0.05, 0.1) is 13.2 Å². The summed E-state index contributed by atoms with van der Waals surface area (Å²) in [5, 5.41) is 0. The first kappa shape index (κ1) is 44.9. The number of hydrogen-bond donors (Lipinski definition) is 0. The molecule has 0 unspecified atom stereocenters. The van der Waals surface area contributed by atoms with Crippen molar-refractivity contribution in [1.82, 2.24) is 0 Å². The highest BCUT2D eigenvalue weighted by Crippen LogP contribution is 2.15. The van der Waals surface area contributed by atoms with E-state index in [0.717, 1.165) is 38.5 Å². The fourth-order valence-corrected chi connectivity index (χ4v) is 6.36. The highest BCUT2D eigenvalue weighted by Gasteiger charge is 2.04. The number of carbonyl (C=O) groups is 2. The van der Waals surface area contributed by atoms with E-state index in [-0.39, 0.29) is 11.9 Å². The fraction of sp³-hybridized carbons (Fsp3) is 0.952. The smallest absolute Gasteiger partial charge is 0.305 e. The molecule has 0 heterocycles. The van der Waals surface area contributed by atoms with E-state index in [4.69, 9.17) is 9.47 Å². The Morgan fingerprint density at radius 2 is 0.478 bits per heavy atom. The van der Waals surface area contributed by atoms with E-state index in [1.807, 2.05) is 0 Å². The molecule has 4 heteroatoms. The van der Waals surface area contributed by atoms with Gasteiger partial charge in [0.25, 0.3) is 0 Å². The van der Waals surface area contributed by atoms with Crippen LogP contribution in [-0.2, 0) is 19.1 Å². The summed E-state index contributed by atoms with van der Waals surface area (Å²) in [7, 11) is 0. The Hall–Kier alpha value is -1.06. The van der Waals surface area contributed by atoms with Gasteiger partial charge < -0.3 is 9.47 Å². The van der Waals surface area contributed by atoms with Crippen LogP contribution < -0.4 is 0 Å². The van der Waals surface area contributed by atoms with Crippen molar-refractivity contribution in [2.24, 2.45) is 0 Å². The minimum absolute atomic E-state index is 0.00763. The van der Waals surface area contributed by atoms with Crippen LogP contribution in [-0.4, -0.2) is 25.2 Å². The highest BCUT2D eigenvalue weighted by molar-refractivity contribution is 5.69. The van der Waals surface area contributed by atoms with Gasteiger partial charge in [-0.3, -0.25) is 9.59 Å². The molecule has 0 aliphatic rings. The predicted octanol–water partition coefficient (Wildman–Crippen LogP) is 14.2. The Balaban J connectivity index is 3.20. The normalized spacial score (nSPS) is 11.3. The monoisotopic (exact) mass is 651 g/mol. The van der Waals surface area contributed by atoms with Gasteiger partial charge in [-0.1, -0.05) is 206 Å². The summed E-state index contributed by atoms with van der Waals surface area (Å²) in [5.41, 5.74) is 0. The van der Waals surface area contributed by atoms with Crippen molar-refractivity contribution < 1.29 is 19.1 Å². The van der Waals surface area contributed by atoms with Gasteiger partial charge >= 0.3 is 11.9 Å². The van der Waals surface area contributed by atoms with Gasteiger partial charge in [-0.2, -0.15) is 0 Å². The number of unbranched alkanes of at least 4 members (excludes halogenated alkanes) is 31. The number of carbonyl (C=O) groups excluding carboxylic acids is 2. The van der Waals surface area contributed by atoms with Gasteiger partial charge in [0.1, 0.15) is 0 Å². The molecule has 0 aliphatic heterocycles. The fourth-order valence-electron chi connectivity index (χ4n) is 6.36. The van der Waals surface area contributed by atoms with E-state index in [1.165, 1.54) is 180 Å². The van der Waals surface area contributed by atoms with Crippen LogP contribution in [0.4, 0.5) is 0 Å². The van der Waals surface area contributed by atoms with Crippen molar-refractivity contribution in [3.05, 3.63) is 0 Å². The van der Waals surface area contributed by atoms with Gasteiger partial charge in [0.2, 0.25) is 0 Å². The van der Waals surface area contributed by atoms with Crippen LogP contribution in [0.25, 0.3) is 0 Å². The molecule has 0 radical (unpaired) electrons. The van der Waals surface area contributed by atoms with E-state index >= 15 is 0 Å². The van der Waals surface area contributed by atoms with E-state index in [2.05, 4.69) is 13.8 Å². The average Bonchev–Trinajstić information content (AvgIpc) is 3.05. The molecule has 0 N–H and O–H groups in total. The second-order valence-electron chi connectivity index (χ2n) is 14.3. The molecule has 4 nitrogen and oxygen atoms in total. The zero-order valence-corrected chi connectivity index (χ0v) is 31.5. The maximum absolute atomic E-state index is 11.9. The number of esters is 2. The molecule has 0 bridgehead atoms. The van der Waals surface area contributed by atoms with Crippen LogP contribution in [0.5, 0.6) is 0 Å². The molecule has 0 fully saturated rings. The lowest BCUT2D eigenvalue weighted by Crippen LogP contribution is -2.05. The van der Waals surface area contributed by atoms with Crippen LogP contribution >= 0.6 is 0 Å². The van der Waals surface area contributed by atoms with Gasteiger partial charge in [-0.25, -0.2) is 0 Å². The first-order chi connectivity index (χ1) is 22.7. The van der Waals surface area contributed by atoms with Crippen molar-refractivity contribution in [3.63, 3.8) is 0 Å². The molecule has 0 amide bonds. The van der Waals surface area contributed by atoms with E-state index in [1.54, 1.807) is 0 Å². The Bertz CT molecular complexity index is 552. The zero-order chi connectivity index (χ0) is 33.4. The molecular weight excluding hydrogens is 568 g/mol. The van der Waals surface area contributed by atoms with E-state index in [0.29, 0.717) is 26.1 Å². The third-order valence-corrected chi connectivity index (χ3v) is 9.53. The van der Waals surface area contributed by atoms with Crippen molar-refractivity contribution >= 4 is 11.9 Å². The molecule has 0 atom stereocenters. The molecule has 0 rings (SSSR count). The second kappa shape index (κ2) is 40.1. The Morgan fingerprint density at radius 1 is 0.283 bits per heavy atom. The highest BCUT2D eigenvalue weighted by atomic mass is 16.5. The first-order valence-corrected chi connectivity index (χ1v) is 21.0. The Morgan fingerprint density at radius 3 is 0.717 bits per heavy atom. The number of ether oxygens (including phenoxy) is 2. The van der Waals surface area contributed by atoms with Crippen LogP contribution in [0.2, 0.25) is 0 Å². The maximum Gasteiger partial charge on any atom is 0.305 e. The summed E-state index contributed by atoms with van der Waals surface area (Å²) in [4.78, 5) is 23.8. The molecule has 274 valence electrons. The molecule has 0 aromatic carbocycles. The summed E-state index contributed by atoms with van der Waals surface area (Å²) in [6, 6.07) is 0. The van der Waals surface area contributed by atoms with Crippen molar-refractivity contribution in [3.8, 4) is 0 Å². The predicted molar refractivity (Wildman–Crippen MR) is 199 cm³/mol. The lowest BCUT2D eigenvalue weighted by molar-refractivity contribution is -0.144. The Kier molecular flexibility index (Phi) is 39.2. The van der Waals surface area contributed by atoms with E-state index < -0.39 is 0 Å². The Labute approximate surface area is 288 Å².